The van der Waals surface area contributed by atoms with Gasteiger partial charge < -0.3 is 39.1 Å². The summed E-state index contributed by atoms with van der Waals surface area (Å²) in [4.78, 5) is 29.6. The molecule has 0 bridgehead atoms. The molecule has 0 spiro atoms. The predicted octanol–water partition coefficient (Wildman–Crippen LogP) is 9.73. The Labute approximate surface area is 336 Å². The smallest absolute Gasteiger partial charge is 0.235 e. The Hall–Kier alpha value is -5.97. The number of rotatable bonds is 6. The van der Waals surface area contributed by atoms with Gasteiger partial charge in [-0.15, -0.1) is 0 Å². The lowest BCUT2D eigenvalue weighted by atomic mass is 9.88. The molecule has 10 nitrogen and oxygen atoms in total. The van der Waals surface area contributed by atoms with E-state index < -0.39 is 16.6 Å². The molecule has 298 valence electrons. The van der Waals surface area contributed by atoms with E-state index in [0.717, 1.165) is 77.1 Å². The normalized spacial score (nSPS) is 18.4. The van der Waals surface area contributed by atoms with E-state index >= 15 is 0 Å². The van der Waals surface area contributed by atoms with Crippen molar-refractivity contribution in [2.75, 3.05) is 24.2 Å². The number of aromatic amines is 1. The van der Waals surface area contributed by atoms with Gasteiger partial charge in [0.1, 0.15) is 5.82 Å². The second kappa shape index (κ2) is 12.8. The fourth-order valence-electron chi connectivity index (χ4n) is 8.75. The van der Waals surface area contributed by atoms with Crippen molar-refractivity contribution in [2.45, 2.75) is 94.9 Å². The number of H-pyrrole nitrogens is 1. The zero-order valence-corrected chi connectivity index (χ0v) is 33.4. The number of aryl methyl sites for hydroxylation is 1. The van der Waals surface area contributed by atoms with Crippen LogP contribution >= 0.6 is 0 Å². The Kier molecular flexibility index (Phi) is 8.01. The van der Waals surface area contributed by atoms with Crippen LogP contribution in [-0.2, 0) is 37.8 Å². The molecule has 3 aliphatic heterocycles. The van der Waals surface area contributed by atoms with Crippen LogP contribution in [0.4, 0.5) is 15.8 Å². The van der Waals surface area contributed by atoms with Crippen molar-refractivity contribution in [3.63, 3.8) is 0 Å². The third-order valence-electron chi connectivity index (χ3n) is 12.8. The summed E-state index contributed by atoms with van der Waals surface area (Å²) in [6.07, 6.45) is 4.33. The van der Waals surface area contributed by atoms with Gasteiger partial charge in [-0.2, -0.15) is 0 Å². The highest BCUT2D eigenvalue weighted by molar-refractivity contribution is 6.04. The number of nitrogens with one attached hydrogen (secondary N) is 3. The first-order valence-electron chi connectivity index (χ1n) is 20.1. The average molecular weight is 783 g/mol. The Morgan fingerprint density at radius 2 is 1.29 bits per heavy atom. The molecule has 3 N–H and O–H groups in total. The van der Waals surface area contributed by atoms with Gasteiger partial charge in [0.05, 0.1) is 16.5 Å². The van der Waals surface area contributed by atoms with Crippen LogP contribution in [0.15, 0.2) is 78.9 Å². The first-order chi connectivity index (χ1) is 27.7. The van der Waals surface area contributed by atoms with Gasteiger partial charge in [0.25, 0.3) is 0 Å². The van der Waals surface area contributed by atoms with Crippen LogP contribution in [0.5, 0.6) is 23.0 Å². The van der Waals surface area contributed by atoms with Crippen LogP contribution in [-0.4, -0.2) is 35.0 Å². The first kappa shape index (κ1) is 36.4. The number of fused-ring (bicyclic) bond motifs is 6. The Balaban J connectivity index is 0.000000141. The van der Waals surface area contributed by atoms with E-state index in [9.17, 15) is 14.0 Å². The molecule has 0 saturated heterocycles. The zero-order chi connectivity index (χ0) is 40.2. The molecule has 11 heteroatoms. The monoisotopic (exact) mass is 782 g/mol. The van der Waals surface area contributed by atoms with Crippen molar-refractivity contribution in [1.82, 2.24) is 9.55 Å². The maximum Gasteiger partial charge on any atom is 0.235 e. The summed E-state index contributed by atoms with van der Waals surface area (Å²) in [6, 6.07) is 25.1. The van der Waals surface area contributed by atoms with E-state index in [2.05, 4.69) is 73.0 Å². The van der Waals surface area contributed by atoms with Crippen LogP contribution in [0.1, 0.15) is 89.2 Å². The standard InChI is InChI=1S/C24H24N2O3.C23H23FN2O3/c1-23(2)9-10-26-18-5-4-17(11-15(18)12-21(23)26)25-22(27)24(7-8-24)16-3-6-19-20(13-16)29-14-28-19;1-22(2,3)20-9-13-8-17(15(24)11-16(13)25-20)26-21(27)23(6-7-23)14-4-5-18-19(10-14)29-12-28-18/h3-6,11-13H,7-10,14H2,1-2H3,(H,25,27);4-5,8-11,25H,6-7,12H2,1-3H3,(H,26,27). The van der Waals surface area contributed by atoms with Crippen LogP contribution in [0.3, 0.4) is 0 Å². The molecule has 11 rings (SSSR count). The topological polar surface area (TPSA) is 116 Å². The summed E-state index contributed by atoms with van der Waals surface area (Å²) in [5, 5.41) is 8.06. The minimum atomic E-state index is -0.642. The second-order valence-corrected chi connectivity index (χ2v) is 18.1. The van der Waals surface area contributed by atoms with Crippen LogP contribution in [0.2, 0.25) is 0 Å². The van der Waals surface area contributed by atoms with Gasteiger partial charge in [-0.3, -0.25) is 9.59 Å². The number of hydrogen-bond donors (Lipinski definition) is 3. The van der Waals surface area contributed by atoms with Crippen molar-refractivity contribution in [3.8, 4) is 23.0 Å². The number of amides is 2. The number of anilines is 2. The van der Waals surface area contributed by atoms with Crippen LogP contribution in [0, 0.1) is 5.82 Å². The van der Waals surface area contributed by atoms with Gasteiger partial charge >= 0.3 is 0 Å². The summed E-state index contributed by atoms with van der Waals surface area (Å²) >= 11 is 0. The third kappa shape index (κ3) is 6.05. The minimum absolute atomic E-state index is 0.0581. The molecule has 2 saturated carbocycles. The molecule has 2 aliphatic carbocycles. The Morgan fingerprint density at radius 1 is 0.690 bits per heavy atom. The lowest BCUT2D eigenvalue weighted by molar-refractivity contribution is -0.119. The molecule has 0 atom stereocenters. The Morgan fingerprint density at radius 3 is 1.90 bits per heavy atom. The number of ether oxygens (including phenoxy) is 4. The summed E-state index contributed by atoms with van der Waals surface area (Å²) < 4.78 is 38.8. The largest absolute Gasteiger partial charge is 0.454 e. The maximum atomic E-state index is 14.7. The molecular weight excluding hydrogens is 736 g/mol. The molecule has 4 aromatic carbocycles. The minimum Gasteiger partial charge on any atom is -0.454 e. The summed E-state index contributed by atoms with van der Waals surface area (Å²) in [5.41, 5.74) is 6.35. The fraction of sp³-hybridized carbons (Fsp3) is 0.362. The average Bonchev–Trinajstić information content (AvgIpc) is 3.84. The Bertz CT molecular complexity index is 2680. The highest BCUT2D eigenvalue weighted by Crippen LogP contribution is 2.52. The van der Waals surface area contributed by atoms with Gasteiger partial charge in [-0.25, -0.2) is 4.39 Å². The van der Waals surface area contributed by atoms with Crippen molar-refractivity contribution >= 4 is 45.0 Å². The second-order valence-electron chi connectivity index (χ2n) is 18.1. The van der Waals surface area contributed by atoms with Gasteiger partial charge in [0.15, 0.2) is 23.0 Å². The summed E-state index contributed by atoms with van der Waals surface area (Å²) in [6.45, 7) is 12.4. The highest BCUT2D eigenvalue weighted by atomic mass is 19.1. The van der Waals surface area contributed by atoms with E-state index in [1.54, 1.807) is 6.07 Å². The van der Waals surface area contributed by atoms with E-state index in [-0.39, 0.29) is 41.9 Å². The predicted molar refractivity (Wildman–Crippen MR) is 221 cm³/mol. The SMILES string of the molecule is CC(C)(C)c1cc2cc(NC(=O)C3(c4ccc5c(c4)OCO5)CC3)c(F)cc2[nH]1.CC1(C)CCn2c1cc1cc(NC(=O)C3(c4ccc5c(c4)OCO5)CC3)ccc12. The molecule has 2 aromatic heterocycles. The first-order valence-corrected chi connectivity index (χ1v) is 20.1. The van der Waals surface area contributed by atoms with Crippen LogP contribution in [0.25, 0.3) is 21.8 Å². The molecule has 58 heavy (non-hydrogen) atoms. The molecule has 6 aromatic rings. The summed E-state index contributed by atoms with van der Waals surface area (Å²) in [5.74, 6) is 2.23. The lowest BCUT2D eigenvalue weighted by Gasteiger charge is -2.17. The quantitative estimate of drug-likeness (QED) is 0.155. The third-order valence-corrected chi connectivity index (χ3v) is 12.8. The van der Waals surface area contributed by atoms with E-state index in [4.69, 9.17) is 18.9 Å². The maximum absolute atomic E-state index is 14.7. The molecule has 0 radical (unpaired) electrons. The number of carbonyl (C=O) groups is 2. The highest BCUT2D eigenvalue weighted by Gasteiger charge is 2.53. The van der Waals surface area contributed by atoms with Gasteiger partial charge in [0.2, 0.25) is 25.4 Å². The summed E-state index contributed by atoms with van der Waals surface area (Å²) in [7, 11) is 0. The number of aromatic nitrogens is 2. The zero-order valence-electron chi connectivity index (χ0n) is 33.4. The number of halogens is 1. The molecule has 2 amide bonds. The molecule has 0 unspecified atom stereocenters. The lowest BCUT2D eigenvalue weighted by Crippen LogP contribution is -2.28. The molecule has 5 heterocycles. The van der Waals surface area contributed by atoms with E-state index in [1.807, 2.05) is 48.5 Å². The fourth-order valence-corrected chi connectivity index (χ4v) is 8.75. The van der Waals surface area contributed by atoms with Gasteiger partial charge in [0, 0.05) is 62.3 Å². The van der Waals surface area contributed by atoms with Crippen molar-refractivity contribution < 1.29 is 32.9 Å². The number of nitrogens with zero attached hydrogens (tertiary/aromatic N) is 1. The molecule has 5 aliphatic rings. The van der Waals surface area contributed by atoms with Crippen molar-refractivity contribution in [1.29, 1.82) is 0 Å². The van der Waals surface area contributed by atoms with Crippen molar-refractivity contribution in [2.24, 2.45) is 0 Å². The van der Waals surface area contributed by atoms with Crippen molar-refractivity contribution in [3.05, 3.63) is 107 Å². The number of hydrogen-bond acceptors (Lipinski definition) is 6. The van der Waals surface area contributed by atoms with Gasteiger partial charge in [-0.05, 0) is 104 Å². The van der Waals surface area contributed by atoms with E-state index in [0.29, 0.717) is 11.5 Å². The number of carbonyl (C=O) groups excluding carboxylic acids is 2. The number of benzene rings is 4. The van der Waals surface area contributed by atoms with E-state index in [1.165, 1.54) is 29.1 Å². The molecule has 2 fully saturated rings. The van der Waals surface area contributed by atoms with Crippen LogP contribution < -0.4 is 29.6 Å². The molecular formula is C47H47FN4O6. The van der Waals surface area contributed by atoms with Gasteiger partial charge in [-0.1, -0.05) is 46.8 Å².